The number of hydrogen-bond donors (Lipinski definition) is 1. The summed E-state index contributed by atoms with van der Waals surface area (Å²) in [5, 5.41) is 2.47. The lowest BCUT2D eigenvalue weighted by atomic mass is 9.79. The fraction of sp³-hybridized carbons (Fsp3) is 0.250. The van der Waals surface area contributed by atoms with Crippen molar-refractivity contribution < 1.29 is 9.59 Å². The number of imide groups is 1. The second-order valence-corrected chi connectivity index (χ2v) is 7.44. The molecule has 108 valence electrons. The minimum atomic E-state index is -0.321. The number of rotatable bonds is 2. The molecule has 1 aromatic carbocycles. The molecule has 0 saturated carbocycles. The number of amides is 2. The Hall–Kier alpha value is -1.46. The topological polar surface area (TPSA) is 46.2 Å². The molecular weight excluding hydrogens is 350 g/mol. The molecule has 1 aliphatic heterocycles. The van der Waals surface area contributed by atoms with E-state index in [0.29, 0.717) is 6.42 Å². The molecule has 3 nitrogen and oxygen atoms in total. The average Bonchev–Trinajstić information content (AvgIpc) is 2.84. The molecule has 2 unspecified atom stereocenters. The third-order valence-electron chi connectivity index (χ3n) is 3.69. The quantitative estimate of drug-likeness (QED) is 0.826. The first-order valence-corrected chi connectivity index (χ1v) is 8.31. The van der Waals surface area contributed by atoms with Gasteiger partial charge in [0.2, 0.25) is 11.8 Å². The van der Waals surface area contributed by atoms with Crippen LogP contribution < -0.4 is 5.32 Å². The van der Waals surface area contributed by atoms with E-state index in [9.17, 15) is 9.59 Å². The Labute approximate surface area is 135 Å². The number of halogens is 1. The molecule has 0 bridgehead atoms. The lowest BCUT2D eigenvalue weighted by Gasteiger charge is -2.29. The zero-order chi connectivity index (χ0) is 15.0. The maximum absolute atomic E-state index is 12.4. The molecule has 1 aliphatic rings. The van der Waals surface area contributed by atoms with E-state index in [1.807, 2.05) is 43.3 Å². The summed E-state index contributed by atoms with van der Waals surface area (Å²) in [5.41, 5.74) is 0.936. The lowest BCUT2D eigenvalue weighted by Crippen LogP contribution is -2.43. The van der Waals surface area contributed by atoms with Gasteiger partial charge in [-0.15, -0.1) is 11.3 Å². The minimum absolute atomic E-state index is 0.0840. The maximum atomic E-state index is 12.4. The summed E-state index contributed by atoms with van der Waals surface area (Å²) in [5.74, 6) is -0.805. The van der Waals surface area contributed by atoms with E-state index in [0.717, 1.165) is 14.9 Å². The fourth-order valence-corrected chi connectivity index (χ4v) is 4.20. The fourth-order valence-electron chi connectivity index (χ4n) is 2.77. The first kappa shape index (κ1) is 14.5. The maximum Gasteiger partial charge on any atom is 0.234 e. The predicted molar refractivity (Wildman–Crippen MR) is 86.4 cm³/mol. The average molecular weight is 364 g/mol. The van der Waals surface area contributed by atoms with E-state index in [1.165, 1.54) is 4.88 Å². The molecule has 21 heavy (non-hydrogen) atoms. The van der Waals surface area contributed by atoms with Gasteiger partial charge in [0, 0.05) is 26.6 Å². The summed E-state index contributed by atoms with van der Waals surface area (Å²) in [7, 11) is 0. The highest BCUT2D eigenvalue weighted by Crippen LogP contribution is 2.41. The Morgan fingerprint density at radius 2 is 2.05 bits per heavy atom. The van der Waals surface area contributed by atoms with Gasteiger partial charge < -0.3 is 0 Å². The zero-order valence-electron chi connectivity index (χ0n) is 11.4. The largest absolute Gasteiger partial charge is 0.296 e. The Morgan fingerprint density at radius 1 is 1.24 bits per heavy atom. The Morgan fingerprint density at radius 3 is 2.71 bits per heavy atom. The molecular formula is C16H14BrNO2S. The zero-order valence-corrected chi connectivity index (χ0v) is 13.8. The summed E-state index contributed by atoms with van der Waals surface area (Å²) in [4.78, 5) is 26.4. The molecule has 1 aromatic heterocycles. The molecule has 1 fully saturated rings. The number of piperidine rings is 1. The number of benzene rings is 1. The van der Waals surface area contributed by atoms with Crippen molar-refractivity contribution in [1.29, 1.82) is 0 Å². The monoisotopic (exact) mass is 363 g/mol. The van der Waals surface area contributed by atoms with Gasteiger partial charge in [-0.2, -0.15) is 0 Å². The van der Waals surface area contributed by atoms with Crippen LogP contribution in [0.15, 0.2) is 40.9 Å². The van der Waals surface area contributed by atoms with Crippen molar-refractivity contribution in [2.24, 2.45) is 0 Å². The van der Waals surface area contributed by atoms with Gasteiger partial charge in [0.05, 0.1) is 5.92 Å². The van der Waals surface area contributed by atoms with Gasteiger partial charge in [-0.3, -0.25) is 14.9 Å². The molecule has 0 radical (unpaired) electrons. The minimum Gasteiger partial charge on any atom is -0.296 e. The number of carbonyl (C=O) groups excluding carboxylic acids is 2. The Kier molecular flexibility index (Phi) is 3.95. The van der Waals surface area contributed by atoms with Crippen molar-refractivity contribution in [3.63, 3.8) is 0 Å². The molecule has 0 aliphatic carbocycles. The smallest absolute Gasteiger partial charge is 0.234 e. The molecule has 2 aromatic rings. The predicted octanol–water partition coefficient (Wildman–Crippen LogP) is 3.73. The molecule has 5 heteroatoms. The van der Waals surface area contributed by atoms with Crippen LogP contribution in [0.2, 0.25) is 0 Å². The van der Waals surface area contributed by atoms with Crippen LogP contribution in [0.4, 0.5) is 0 Å². The van der Waals surface area contributed by atoms with E-state index < -0.39 is 0 Å². The van der Waals surface area contributed by atoms with Crippen LogP contribution in [-0.4, -0.2) is 11.8 Å². The SMILES string of the molecule is Cc1ccc(C2CC(=O)NC(=O)C2c2cccc(Br)c2)s1. The van der Waals surface area contributed by atoms with E-state index in [4.69, 9.17) is 0 Å². The van der Waals surface area contributed by atoms with Gasteiger partial charge in [-0.05, 0) is 36.8 Å². The summed E-state index contributed by atoms with van der Waals surface area (Å²) < 4.78 is 0.936. The highest BCUT2D eigenvalue weighted by Gasteiger charge is 2.38. The normalized spacial score (nSPS) is 22.2. The van der Waals surface area contributed by atoms with Crippen molar-refractivity contribution in [2.75, 3.05) is 0 Å². The van der Waals surface area contributed by atoms with Gasteiger partial charge in [0.1, 0.15) is 0 Å². The highest BCUT2D eigenvalue weighted by atomic mass is 79.9. The van der Waals surface area contributed by atoms with Crippen LogP contribution in [0.5, 0.6) is 0 Å². The van der Waals surface area contributed by atoms with Crippen LogP contribution in [0.3, 0.4) is 0 Å². The standard InChI is InChI=1S/C16H14BrNO2S/c1-9-5-6-13(21-9)12-8-14(19)18-16(20)15(12)10-3-2-4-11(17)7-10/h2-7,12,15H,8H2,1H3,(H,18,19,20). The van der Waals surface area contributed by atoms with E-state index in [1.54, 1.807) is 11.3 Å². The van der Waals surface area contributed by atoms with Gasteiger partial charge in [0.25, 0.3) is 0 Å². The molecule has 3 rings (SSSR count). The molecule has 2 atom stereocenters. The molecule has 1 N–H and O–H groups in total. The molecule has 0 spiro atoms. The van der Waals surface area contributed by atoms with Crippen molar-refractivity contribution in [3.8, 4) is 0 Å². The summed E-state index contributed by atoms with van der Waals surface area (Å²) in [6, 6.07) is 11.8. The second kappa shape index (κ2) is 5.73. The lowest BCUT2D eigenvalue weighted by molar-refractivity contribution is -0.135. The number of aryl methyl sites for hydroxylation is 1. The third kappa shape index (κ3) is 2.94. The van der Waals surface area contributed by atoms with Gasteiger partial charge in [-0.1, -0.05) is 28.1 Å². The Bertz CT molecular complexity index is 710. The summed E-state index contributed by atoms with van der Waals surface area (Å²) >= 11 is 5.10. The van der Waals surface area contributed by atoms with Gasteiger partial charge in [0.15, 0.2) is 0 Å². The van der Waals surface area contributed by atoms with Gasteiger partial charge in [-0.25, -0.2) is 0 Å². The van der Waals surface area contributed by atoms with Crippen LogP contribution >= 0.6 is 27.3 Å². The van der Waals surface area contributed by atoms with E-state index in [2.05, 4.69) is 21.2 Å². The van der Waals surface area contributed by atoms with Crippen molar-refractivity contribution in [2.45, 2.75) is 25.2 Å². The third-order valence-corrected chi connectivity index (χ3v) is 5.31. The first-order chi connectivity index (χ1) is 10.0. The number of hydrogen-bond acceptors (Lipinski definition) is 3. The van der Waals surface area contributed by atoms with Crippen LogP contribution in [0, 0.1) is 6.92 Å². The second-order valence-electron chi connectivity index (χ2n) is 5.20. The number of thiophene rings is 1. The Balaban J connectivity index is 2.04. The summed E-state index contributed by atoms with van der Waals surface area (Å²) in [6.45, 7) is 2.03. The summed E-state index contributed by atoms with van der Waals surface area (Å²) in [6.07, 6.45) is 0.350. The van der Waals surface area contributed by atoms with Crippen LogP contribution in [0.1, 0.15) is 33.6 Å². The van der Waals surface area contributed by atoms with Gasteiger partial charge >= 0.3 is 0 Å². The molecule has 2 amide bonds. The van der Waals surface area contributed by atoms with Crippen molar-refractivity contribution in [3.05, 3.63) is 56.2 Å². The molecule has 1 saturated heterocycles. The van der Waals surface area contributed by atoms with Crippen LogP contribution in [-0.2, 0) is 9.59 Å². The molecule has 2 heterocycles. The van der Waals surface area contributed by atoms with Crippen LogP contribution in [0.25, 0.3) is 0 Å². The van der Waals surface area contributed by atoms with E-state index >= 15 is 0 Å². The number of carbonyl (C=O) groups is 2. The van der Waals surface area contributed by atoms with Crippen molar-refractivity contribution in [1.82, 2.24) is 5.32 Å². The van der Waals surface area contributed by atoms with Crippen molar-refractivity contribution >= 4 is 39.1 Å². The van der Waals surface area contributed by atoms with E-state index in [-0.39, 0.29) is 23.7 Å². The highest BCUT2D eigenvalue weighted by molar-refractivity contribution is 9.10. The first-order valence-electron chi connectivity index (χ1n) is 6.70. The number of nitrogens with one attached hydrogen (secondary N) is 1.